The number of nitrogens with one attached hydrogen (secondary N) is 3. The standard InChI is InChI=1S/C13H34N4Si/c1-6-11-14-18(15-12-7-2,16-13-8-3)17(9-4)10-5/h14-16H,6-13H2,1-5H3. The predicted octanol–water partition coefficient (Wildman–Crippen LogP) is 1.76. The smallest absolute Gasteiger partial charge is 0.301 e. The normalized spacial score (nSPS) is 12.3. The van der Waals surface area contributed by atoms with Crippen LogP contribution in [0.4, 0.5) is 0 Å². The molecule has 110 valence electrons. The van der Waals surface area contributed by atoms with E-state index in [9.17, 15) is 0 Å². The van der Waals surface area contributed by atoms with E-state index in [1.165, 1.54) is 19.3 Å². The van der Waals surface area contributed by atoms with Crippen molar-refractivity contribution in [2.75, 3.05) is 32.7 Å². The van der Waals surface area contributed by atoms with Gasteiger partial charge in [0.2, 0.25) is 0 Å². The Labute approximate surface area is 115 Å². The Morgan fingerprint density at radius 1 is 0.667 bits per heavy atom. The van der Waals surface area contributed by atoms with Crippen molar-refractivity contribution in [2.24, 2.45) is 0 Å². The van der Waals surface area contributed by atoms with E-state index in [0.717, 1.165) is 32.7 Å². The van der Waals surface area contributed by atoms with E-state index in [1.54, 1.807) is 0 Å². The van der Waals surface area contributed by atoms with E-state index in [-0.39, 0.29) is 0 Å². The Morgan fingerprint density at radius 2 is 1.00 bits per heavy atom. The van der Waals surface area contributed by atoms with Crippen LogP contribution in [0.15, 0.2) is 0 Å². The van der Waals surface area contributed by atoms with Crippen molar-refractivity contribution in [3.05, 3.63) is 0 Å². The predicted molar refractivity (Wildman–Crippen MR) is 83.6 cm³/mol. The molecule has 0 aliphatic heterocycles. The molecular formula is C13H34N4Si. The molecule has 0 atom stereocenters. The molecule has 0 heterocycles. The number of rotatable bonds is 12. The maximum atomic E-state index is 3.80. The highest BCUT2D eigenvalue weighted by Crippen LogP contribution is 2.01. The van der Waals surface area contributed by atoms with Gasteiger partial charge in [-0.1, -0.05) is 34.6 Å². The van der Waals surface area contributed by atoms with Gasteiger partial charge in [-0.25, -0.2) is 0 Å². The molecule has 0 aliphatic rings. The third-order valence-corrected chi connectivity index (χ3v) is 7.00. The van der Waals surface area contributed by atoms with Crippen molar-refractivity contribution in [1.82, 2.24) is 19.5 Å². The van der Waals surface area contributed by atoms with Gasteiger partial charge in [0.1, 0.15) is 0 Å². The molecule has 0 aliphatic carbocycles. The summed E-state index contributed by atoms with van der Waals surface area (Å²) in [6.07, 6.45) is 3.53. The number of hydrogen-bond acceptors (Lipinski definition) is 4. The van der Waals surface area contributed by atoms with Crippen molar-refractivity contribution in [2.45, 2.75) is 53.9 Å². The molecule has 4 nitrogen and oxygen atoms in total. The zero-order valence-corrected chi connectivity index (χ0v) is 14.1. The van der Waals surface area contributed by atoms with Gasteiger partial charge in [0.15, 0.2) is 0 Å². The van der Waals surface area contributed by atoms with Crippen molar-refractivity contribution in [1.29, 1.82) is 0 Å². The zero-order chi connectivity index (χ0) is 13.9. The maximum absolute atomic E-state index is 3.80. The first-order chi connectivity index (χ1) is 8.70. The Balaban J connectivity index is 4.82. The van der Waals surface area contributed by atoms with E-state index in [4.69, 9.17) is 0 Å². The van der Waals surface area contributed by atoms with Crippen LogP contribution in [0.1, 0.15) is 53.9 Å². The Kier molecular flexibility index (Phi) is 11.0. The van der Waals surface area contributed by atoms with E-state index in [2.05, 4.69) is 54.1 Å². The van der Waals surface area contributed by atoms with Crippen molar-refractivity contribution < 1.29 is 0 Å². The molecule has 0 amide bonds. The molecule has 18 heavy (non-hydrogen) atoms. The van der Waals surface area contributed by atoms with E-state index < -0.39 is 8.72 Å². The highest BCUT2D eigenvalue weighted by molar-refractivity contribution is 6.69. The fraction of sp³-hybridized carbons (Fsp3) is 1.00. The van der Waals surface area contributed by atoms with Gasteiger partial charge in [0.05, 0.1) is 0 Å². The third kappa shape index (κ3) is 5.80. The first-order valence-electron chi connectivity index (χ1n) is 7.70. The summed E-state index contributed by atoms with van der Waals surface area (Å²) in [4.78, 5) is 11.4. The largest absolute Gasteiger partial charge is 0.368 e. The fourth-order valence-corrected chi connectivity index (χ4v) is 5.97. The molecule has 3 N–H and O–H groups in total. The second kappa shape index (κ2) is 10.9. The molecule has 0 saturated carbocycles. The van der Waals surface area contributed by atoms with Crippen LogP contribution in [0.3, 0.4) is 0 Å². The molecule has 0 fully saturated rings. The molecule has 0 aromatic heterocycles. The summed E-state index contributed by atoms with van der Waals surface area (Å²) in [5.74, 6) is 0. The Bertz CT molecular complexity index is 164. The van der Waals surface area contributed by atoms with Crippen LogP contribution >= 0.6 is 0 Å². The van der Waals surface area contributed by atoms with Crippen LogP contribution in [0, 0.1) is 0 Å². The Hall–Kier alpha value is 0.0569. The molecule has 0 bridgehead atoms. The van der Waals surface area contributed by atoms with Gasteiger partial charge in [-0.05, 0) is 52.0 Å². The molecule has 0 aromatic rings. The van der Waals surface area contributed by atoms with Gasteiger partial charge >= 0.3 is 8.72 Å². The van der Waals surface area contributed by atoms with Crippen molar-refractivity contribution >= 4 is 8.72 Å². The van der Waals surface area contributed by atoms with Gasteiger partial charge in [0, 0.05) is 0 Å². The molecule has 5 heteroatoms. The highest BCUT2D eigenvalue weighted by atomic mass is 28.4. The molecule has 0 aromatic carbocycles. The average molecular weight is 275 g/mol. The lowest BCUT2D eigenvalue weighted by Gasteiger charge is -2.41. The number of hydrogen-bond donors (Lipinski definition) is 3. The third-order valence-electron chi connectivity index (χ3n) is 3.13. The van der Waals surface area contributed by atoms with Crippen LogP contribution in [0.2, 0.25) is 0 Å². The molecule has 0 saturated heterocycles. The van der Waals surface area contributed by atoms with Crippen LogP contribution in [0.25, 0.3) is 0 Å². The zero-order valence-electron chi connectivity index (χ0n) is 13.1. The second-order valence-electron chi connectivity index (χ2n) is 4.66. The molecule has 0 unspecified atom stereocenters. The monoisotopic (exact) mass is 274 g/mol. The summed E-state index contributed by atoms with van der Waals surface area (Å²) in [6, 6.07) is 0. The van der Waals surface area contributed by atoms with Crippen molar-refractivity contribution in [3.63, 3.8) is 0 Å². The summed E-state index contributed by atoms with van der Waals surface area (Å²) in [6.45, 7) is 16.6. The lowest BCUT2D eigenvalue weighted by atomic mass is 10.5. The average Bonchev–Trinajstić information content (AvgIpc) is 2.41. The second-order valence-corrected chi connectivity index (χ2v) is 7.78. The minimum atomic E-state index is -1.90. The molecule has 0 spiro atoms. The van der Waals surface area contributed by atoms with Gasteiger partial charge in [0.25, 0.3) is 0 Å². The summed E-state index contributed by atoms with van der Waals surface area (Å²) in [5.41, 5.74) is 0. The topological polar surface area (TPSA) is 39.3 Å². The molecular weight excluding hydrogens is 240 g/mol. The quantitative estimate of drug-likeness (QED) is 0.474. The summed E-state index contributed by atoms with van der Waals surface area (Å²) in [5, 5.41) is 0. The van der Waals surface area contributed by atoms with E-state index >= 15 is 0 Å². The lowest BCUT2D eigenvalue weighted by Crippen LogP contribution is -2.81. The van der Waals surface area contributed by atoms with E-state index in [1.807, 2.05) is 0 Å². The van der Waals surface area contributed by atoms with Crippen LogP contribution < -0.4 is 14.9 Å². The van der Waals surface area contributed by atoms with Gasteiger partial charge in [-0.3, -0.25) is 4.57 Å². The van der Waals surface area contributed by atoms with Crippen LogP contribution in [-0.4, -0.2) is 46.0 Å². The molecule has 0 radical (unpaired) electrons. The summed E-state index contributed by atoms with van der Waals surface area (Å²) in [7, 11) is -1.90. The first-order valence-corrected chi connectivity index (χ1v) is 9.65. The highest BCUT2D eigenvalue weighted by Gasteiger charge is 2.38. The minimum Gasteiger partial charge on any atom is -0.301 e. The van der Waals surface area contributed by atoms with Gasteiger partial charge < -0.3 is 14.9 Å². The van der Waals surface area contributed by atoms with E-state index in [0.29, 0.717) is 0 Å². The minimum absolute atomic E-state index is 1.08. The molecule has 0 rings (SSSR count). The summed E-state index contributed by atoms with van der Waals surface area (Å²) < 4.78 is 2.56. The SMILES string of the molecule is CCCN[Si](NCCC)(NCCC)N(CC)CC. The first kappa shape index (κ1) is 18.1. The Morgan fingerprint density at radius 3 is 1.22 bits per heavy atom. The van der Waals surface area contributed by atoms with Crippen LogP contribution in [0.5, 0.6) is 0 Å². The fourth-order valence-electron chi connectivity index (χ4n) is 2.14. The van der Waals surface area contributed by atoms with Gasteiger partial charge in [-0.15, -0.1) is 0 Å². The number of nitrogens with zero attached hydrogens (tertiary/aromatic N) is 1. The van der Waals surface area contributed by atoms with Crippen LogP contribution in [-0.2, 0) is 0 Å². The summed E-state index contributed by atoms with van der Waals surface area (Å²) >= 11 is 0. The van der Waals surface area contributed by atoms with Crippen molar-refractivity contribution in [3.8, 4) is 0 Å². The lowest BCUT2D eigenvalue weighted by molar-refractivity contribution is 0.411. The van der Waals surface area contributed by atoms with Gasteiger partial charge in [-0.2, -0.15) is 0 Å². The maximum Gasteiger partial charge on any atom is 0.368 e.